The van der Waals surface area contributed by atoms with Gasteiger partial charge in [0.25, 0.3) is 0 Å². The minimum atomic E-state index is -1.20. The molecule has 1 aliphatic heterocycles. The number of aromatic amines is 1. The van der Waals surface area contributed by atoms with E-state index >= 15 is 0 Å². The van der Waals surface area contributed by atoms with Gasteiger partial charge in [-0.15, -0.1) is 0 Å². The average molecular weight is 412 g/mol. The van der Waals surface area contributed by atoms with Crippen LogP contribution in [0.1, 0.15) is 18.5 Å². The highest BCUT2D eigenvalue weighted by atomic mass is 32.1. The van der Waals surface area contributed by atoms with Crippen LogP contribution < -0.4 is 21.3 Å². The van der Waals surface area contributed by atoms with Crippen molar-refractivity contribution in [2.45, 2.75) is 37.4 Å². The van der Waals surface area contributed by atoms with Gasteiger partial charge in [-0.1, -0.05) is 0 Å². The quantitative estimate of drug-likeness (QED) is 0.214. The Kier molecular flexibility index (Phi) is 8.26. The summed E-state index contributed by atoms with van der Waals surface area (Å²) >= 11 is 4.04. The van der Waals surface area contributed by atoms with Gasteiger partial charge in [-0.2, -0.15) is 12.6 Å². The molecular formula is C16H24N6O5S. The zero-order chi connectivity index (χ0) is 20.5. The molecule has 1 aliphatic rings. The smallest absolute Gasteiger partial charge is 0.322 e. The normalized spacial score (nSPS) is 18.1. The predicted octanol–water partition coefficient (Wildman–Crippen LogP) is -2.20. The van der Waals surface area contributed by atoms with Gasteiger partial charge in [-0.05, 0) is 19.4 Å². The highest BCUT2D eigenvalue weighted by Crippen LogP contribution is 2.07. The van der Waals surface area contributed by atoms with E-state index in [-0.39, 0.29) is 24.1 Å². The molecular weight excluding hydrogens is 388 g/mol. The molecule has 3 amide bonds. The van der Waals surface area contributed by atoms with Gasteiger partial charge in [0.2, 0.25) is 17.7 Å². The van der Waals surface area contributed by atoms with Crippen LogP contribution in [0.5, 0.6) is 0 Å². The van der Waals surface area contributed by atoms with E-state index in [0.29, 0.717) is 12.1 Å². The van der Waals surface area contributed by atoms with Crippen LogP contribution in [0.4, 0.5) is 0 Å². The summed E-state index contributed by atoms with van der Waals surface area (Å²) in [7, 11) is 0. The number of thiol groups is 1. The fourth-order valence-electron chi connectivity index (χ4n) is 2.76. The lowest BCUT2D eigenvalue weighted by atomic mass is 10.1. The Balaban J connectivity index is 2.02. The second kappa shape index (κ2) is 10.7. The molecule has 12 heteroatoms. The van der Waals surface area contributed by atoms with Crippen molar-refractivity contribution in [2.24, 2.45) is 0 Å². The van der Waals surface area contributed by atoms with Crippen LogP contribution in [0.25, 0.3) is 0 Å². The molecule has 0 saturated carbocycles. The molecule has 1 aromatic rings. The largest absolute Gasteiger partial charge is 0.480 e. The first-order chi connectivity index (χ1) is 13.4. The molecule has 2 heterocycles. The van der Waals surface area contributed by atoms with Gasteiger partial charge < -0.3 is 31.4 Å². The second-order valence-corrected chi connectivity index (χ2v) is 6.71. The van der Waals surface area contributed by atoms with Gasteiger partial charge >= 0.3 is 5.97 Å². The zero-order valence-corrected chi connectivity index (χ0v) is 16.0. The number of aliphatic carboxylic acids is 1. The van der Waals surface area contributed by atoms with E-state index in [1.54, 1.807) is 0 Å². The summed E-state index contributed by atoms with van der Waals surface area (Å²) in [5, 5.41) is 19.1. The van der Waals surface area contributed by atoms with Crippen LogP contribution in [-0.2, 0) is 25.6 Å². The molecule has 3 unspecified atom stereocenters. The first-order valence-corrected chi connectivity index (χ1v) is 9.45. The lowest BCUT2D eigenvalue weighted by Gasteiger charge is -2.23. The Morgan fingerprint density at radius 3 is 2.61 bits per heavy atom. The third-order valence-electron chi connectivity index (χ3n) is 4.22. The zero-order valence-electron chi connectivity index (χ0n) is 15.1. The number of nitrogens with zero attached hydrogens (tertiary/aromatic N) is 1. The van der Waals surface area contributed by atoms with Crippen molar-refractivity contribution in [1.82, 2.24) is 31.2 Å². The van der Waals surface area contributed by atoms with Gasteiger partial charge in [0.05, 0.1) is 12.4 Å². The number of carbonyl (C=O) groups excluding carboxylic acids is 3. The van der Waals surface area contributed by atoms with Crippen LogP contribution in [-0.4, -0.2) is 75.7 Å². The maximum atomic E-state index is 12.7. The van der Waals surface area contributed by atoms with E-state index in [1.165, 1.54) is 12.5 Å². The second-order valence-electron chi connectivity index (χ2n) is 6.35. The number of H-pyrrole nitrogens is 1. The summed E-state index contributed by atoms with van der Waals surface area (Å²) in [6.45, 7) is 0.168. The molecule has 2 rings (SSSR count). The summed E-state index contributed by atoms with van der Waals surface area (Å²) in [6, 6.07) is -2.34. The molecule has 0 aromatic carbocycles. The van der Waals surface area contributed by atoms with Crippen molar-refractivity contribution in [3.8, 4) is 0 Å². The third-order valence-corrected chi connectivity index (χ3v) is 4.58. The van der Waals surface area contributed by atoms with Crippen molar-refractivity contribution < 1.29 is 24.3 Å². The van der Waals surface area contributed by atoms with Crippen molar-refractivity contribution >= 4 is 36.3 Å². The predicted molar refractivity (Wildman–Crippen MR) is 102 cm³/mol. The summed E-state index contributed by atoms with van der Waals surface area (Å²) < 4.78 is 0. The SMILES string of the molecule is O=C(O)CNC(=O)C(CS)NC(=O)C(Cc1cnc[nH]1)NC(=O)C1CCCN1. The van der Waals surface area contributed by atoms with Gasteiger partial charge in [-0.25, -0.2) is 4.98 Å². The number of hydrogen-bond donors (Lipinski definition) is 7. The summed E-state index contributed by atoms with van der Waals surface area (Å²) in [4.78, 5) is 54.5. The Morgan fingerprint density at radius 2 is 2.04 bits per heavy atom. The Hall–Kier alpha value is -2.60. The fourth-order valence-corrected chi connectivity index (χ4v) is 3.02. The van der Waals surface area contributed by atoms with E-state index in [0.717, 1.165) is 13.0 Å². The summed E-state index contributed by atoms with van der Waals surface area (Å²) in [5.74, 6) is -2.78. The van der Waals surface area contributed by atoms with Gasteiger partial charge in [0, 0.05) is 24.1 Å². The van der Waals surface area contributed by atoms with Gasteiger partial charge in [-0.3, -0.25) is 19.2 Å². The van der Waals surface area contributed by atoms with E-state index in [1.807, 2.05) is 0 Å². The average Bonchev–Trinajstić information content (AvgIpc) is 3.37. The third kappa shape index (κ3) is 6.53. The van der Waals surface area contributed by atoms with Crippen molar-refractivity contribution in [3.63, 3.8) is 0 Å². The minimum absolute atomic E-state index is 0.0356. The highest BCUT2D eigenvalue weighted by molar-refractivity contribution is 7.80. The first kappa shape index (κ1) is 21.7. The van der Waals surface area contributed by atoms with Crippen LogP contribution in [0, 0.1) is 0 Å². The maximum absolute atomic E-state index is 12.7. The van der Waals surface area contributed by atoms with Crippen LogP contribution >= 0.6 is 12.6 Å². The Labute approximate surface area is 166 Å². The highest BCUT2D eigenvalue weighted by Gasteiger charge is 2.30. The first-order valence-electron chi connectivity index (χ1n) is 8.82. The number of nitrogens with one attached hydrogen (secondary N) is 5. The number of carboxylic acid groups (broad SMARTS) is 1. The number of imidazole rings is 1. The van der Waals surface area contributed by atoms with Crippen molar-refractivity contribution in [1.29, 1.82) is 0 Å². The monoisotopic (exact) mass is 412 g/mol. The van der Waals surface area contributed by atoms with Crippen molar-refractivity contribution in [3.05, 3.63) is 18.2 Å². The van der Waals surface area contributed by atoms with E-state index in [4.69, 9.17) is 5.11 Å². The molecule has 28 heavy (non-hydrogen) atoms. The Bertz CT molecular complexity index is 692. The molecule has 1 fully saturated rings. The molecule has 154 valence electrons. The lowest BCUT2D eigenvalue weighted by Crippen LogP contribution is -2.57. The summed E-state index contributed by atoms with van der Waals surface area (Å²) in [6.07, 6.45) is 4.71. The number of amides is 3. The Morgan fingerprint density at radius 1 is 1.25 bits per heavy atom. The van der Waals surface area contributed by atoms with Crippen molar-refractivity contribution in [2.75, 3.05) is 18.8 Å². The van der Waals surface area contributed by atoms with Gasteiger partial charge in [0.1, 0.15) is 18.6 Å². The molecule has 3 atom stereocenters. The van der Waals surface area contributed by atoms with E-state index < -0.39 is 36.4 Å². The standard InChI is InChI=1S/C16H24N6O5S/c23-13(24)6-19-14(25)12(7-28)22-16(27)11(4-9-5-17-8-20-9)21-15(26)10-2-1-3-18-10/h5,8,10-12,18,28H,1-4,6-7H2,(H,17,20)(H,19,25)(H,21,26)(H,22,27)(H,23,24). The number of rotatable bonds is 10. The number of carbonyl (C=O) groups is 4. The van der Waals surface area contributed by atoms with Gasteiger partial charge in [0.15, 0.2) is 0 Å². The number of hydrogen-bond acceptors (Lipinski definition) is 7. The molecule has 0 aliphatic carbocycles. The van der Waals surface area contributed by atoms with Crippen LogP contribution in [0.15, 0.2) is 12.5 Å². The molecule has 11 nitrogen and oxygen atoms in total. The molecule has 0 radical (unpaired) electrons. The maximum Gasteiger partial charge on any atom is 0.322 e. The molecule has 1 saturated heterocycles. The van der Waals surface area contributed by atoms with E-state index in [9.17, 15) is 19.2 Å². The minimum Gasteiger partial charge on any atom is -0.480 e. The summed E-state index contributed by atoms with van der Waals surface area (Å²) in [5.41, 5.74) is 0.637. The number of carboxylic acids is 1. The topological polar surface area (TPSA) is 165 Å². The van der Waals surface area contributed by atoms with Crippen LogP contribution in [0.3, 0.4) is 0 Å². The fraction of sp³-hybridized carbons (Fsp3) is 0.562. The lowest BCUT2D eigenvalue weighted by molar-refractivity contribution is -0.138. The molecule has 0 spiro atoms. The molecule has 0 bridgehead atoms. The van der Waals surface area contributed by atoms with Crippen LogP contribution in [0.2, 0.25) is 0 Å². The molecule has 1 aromatic heterocycles. The van der Waals surface area contributed by atoms with E-state index in [2.05, 4.69) is 43.9 Å². The molecule has 6 N–H and O–H groups in total. The number of aromatic nitrogens is 2.